The molecule has 0 spiro atoms. The predicted octanol–water partition coefficient (Wildman–Crippen LogP) is 2.80. The summed E-state index contributed by atoms with van der Waals surface area (Å²) in [5.74, 6) is -3.23. The van der Waals surface area contributed by atoms with Crippen LogP contribution in [0.25, 0.3) is 0 Å². The SMILES string of the molecule is COC(=O)c1cnc(F)c(CBr)c1OC(F)(F)F. The molecule has 0 aliphatic rings. The van der Waals surface area contributed by atoms with Gasteiger partial charge in [0.1, 0.15) is 5.56 Å². The van der Waals surface area contributed by atoms with Crippen LogP contribution in [-0.2, 0) is 10.1 Å². The summed E-state index contributed by atoms with van der Waals surface area (Å²) in [6.07, 6.45) is -4.44. The summed E-state index contributed by atoms with van der Waals surface area (Å²) < 4.78 is 57.8. The van der Waals surface area contributed by atoms with Gasteiger partial charge in [0.2, 0.25) is 5.95 Å². The van der Waals surface area contributed by atoms with E-state index in [9.17, 15) is 22.4 Å². The van der Waals surface area contributed by atoms with E-state index in [1.165, 1.54) is 0 Å². The van der Waals surface area contributed by atoms with Crippen LogP contribution in [0.15, 0.2) is 6.20 Å². The summed E-state index contributed by atoms with van der Waals surface area (Å²) in [5, 5.41) is -0.303. The Bertz CT molecular complexity index is 464. The molecule has 1 rings (SSSR count). The van der Waals surface area contributed by atoms with Crippen LogP contribution in [0.5, 0.6) is 5.75 Å². The van der Waals surface area contributed by atoms with Crippen LogP contribution in [0, 0.1) is 5.95 Å². The molecule has 0 aliphatic carbocycles. The first-order valence-corrected chi connectivity index (χ1v) is 5.49. The van der Waals surface area contributed by atoms with E-state index in [1.807, 2.05) is 0 Å². The van der Waals surface area contributed by atoms with Crippen molar-refractivity contribution in [3.63, 3.8) is 0 Å². The molecule has 1 aromatic rings. The molecule has 0 bridgehead atoms. The molecule has 0 saturated heterocycles. The average Bonchev–Trinajstić information content (AvgIpc) is 2.26. The number of pyridine rings is 1. The lowest BCUT2D eigenvalue weighted by Crippen LogP contribution is -2.21. The number of esters is 1. The number of aromatic nitrogens is 1. The van der Waals surface area contributed by atoms with Gasteiger partial charge in [-0.05, 0) is 0 Å². The summed E-state index contributed by atoms with van der Waals surface area (Å²) >= 11 is 2.79. The van der Waals surface area contributed by atoms with E-state index in [1.54, 1.807) is 0 Å². The number of carbonyl (C=O) groups excluding carboxylic acids is 1. The standard InChI is InChI=1S/C9H6BrF4NO3/c1-17-8(16)5-3-15-7(11)4(2-10)6(5)18-9(12,13)14/h3H,2H2,1H3. The van der Waals surface area contributed by atoms with Gasteiger partial charge in [0.15, 0.2) is 5.75 Å². The van der Waals surface area contributed by atoms with Crippen LogP contribution in [0.3, 0.4) is 0 Å². The van der Waals surface area contributed by atoms with Crippen molar-refractivity contribution in [2.45, 2.75) is 11.7 Å². The van der Waals surface area contributed by atoms with Crippen LogP contribution < -0.4 is 4.74 Å². The van der Waals surface area contributed by atoms with Crippen molar-refractivity contribution >= 4 is 21.9 Å². The zero-order chi connectivity index (χ0) is 13.9. The summed E-state index contributed by atoms with van der Waals surface area (Å²) in [4.78, 5) is 14.4. The number of carbonyl (C=O) groups is 1. The van der Waals surface area contributed by atoms with E-state index >= 15 is 0 Å². The first kappa shape index (κ1) is 14.7. The van der Waals surface area contributed by atoms with Crippen LogP contribution >= 0.6 is 15.9 Å². The quantitative estimate of drug-likeness (QED) is 0.370. The first-order chi connectivity index (χ1) is 8.30. The maximum Gasteiger partial charge on any atom is 0.573 e. The van der Waals surface area contributed by atoms with E-state index in [-0.39, 0.29) is 5.33 Å². The number of methoxy groups -OCH3 is 1. The van der Waals surface area contributed by atoms with E-state index in [4.69, 9.17) is 0 Å². The molecule has 100 valence electrons. The van der Waals surface area contributed by atoms with Gasteiger partial charge in [0.05, 0.1) is 12.7 Å². The molecule has 9 heteroatoms. The van der Waals surface area contributed by atoms with Gasteiger partial charge in [-0.3, -0.25) is 0 Å². The molecule has 0 fully saturated rings. The minimum Gasteiger partial charge on any atom is -0.465 e. The molecule has 4 nitrogen and oxygen atoms in total. The van der Waals surface area contributed by atoms with Crippen molar-refractivity contribution in [2.75, 3.05) is 7.11 Å². The lowest BCUT2D eigenvalue weighted by atomic mass is 10.2. The van der Waals surface area contributed by atoms with Crippen LogP contribution in [0.1, 0.15) is 15.9 Å². The highest BCUT2D eigenvalue weighted by Crippen LogP contribution is 2.32. The molecule has 1 heterocycles. The summed E-state index contributed by atoms with van der Waals surface area (Å²) in [5.41, 5.74) is -1.12. The molecular weight excluding hydrogens is 326 g/mol. The predicted molar refractivity (Wildman–Crippen MR) is 54.8 cm³/mol. The third-order valence-electron chi connectivity index (χ3n) is 1.83. The summed E-state index contributed by atoms with van der Waals surface area (Å²) in [7, 11) is 0.969. The van der Waals surface area contributed by atoms with Gasteiger partial charge >= 0.3 is 12.3 Å². The molecule has 1 aromatic heterocycles. The molecule has 0 aromatic carbocycles. The van der Waals surface area contributed by atoms with Crippen molar-refractivity contribution in [1.82, 2.24) is 4.98 Å². The van der Waals surface area contributed by atoms with E-state index in [0.29, 0.717) is 6.20 Å². The van der Waals surface area contributed by atoms with E-state index in [0.717, 1.165) is 7.11 Å². The molecule has 0 atom stereocenters. The third kappa shape index (κ3) is 3.31. The van der Waals surface area contributed by atoms with Crippen molar-refractivity contribution in [3.05, 3.63) is 23.3 Å². The average molecular weight is 332 g/mol. The Morgan fingerprint density at radius 3 is 2.56 bits per heavy atom. The van der Waals surface area contributed by atoms with Gasteiger partial charge in [0, 0.05) is 11.5 Å². The maximum absolute atomic E-state index is 13.2. The van der Waals surface area contributed by atoms with Gasteiger partial charge in [-0.1, -0.05) is 15.9 Å². The summed E-state index contributed by atoms with van der Waals surface area (Å²) in [6.45, 7) is 0. The lowest BCUT2D eigenvalue weighted by molar-refractivity contribution is -0.275. The number of ether oxygens (including phenoxy) is 2. The van der Waals surface area contributed by atoms with Gasteiger partial charge in [0.25, 0.3) is 0 Å². The molecule has 0 amide bonds. The summed E-state index contributed by atoms with van der Waals surface area (Å²) in [6, 6.07) is 0. The van der Waals surface area contributed by atoms with Gasteiger partial charge in [-0.25, -0.2) is 9.78 Å². The zero-order valence-corrected chi connectivity index (χ0v) is 10.4. The zero-order valence-electron chi connectivity index (χ0n) is 8.85. The molecule has 0 saturated carbocycles. The Morgan fingerprint density at radius 2 is 2.11 bits per heavy atom. The smallest absolute Gasteiger partial charge is 0.465 e. The second kappa shape index (κ2) is 5.51. The fourth-order valence-electron chi connectivity index (χ4n) is 1.12. The van der Waals surface area contributed by atoms with Crippen molar-refractivity contribution in [3.8, 4) is 5.75 Å². The van der Waals surface area contributed by atoms with Crippen molar-refractivity contribution < 1.29 is 31.8 Å². The Morgan fingerprint density at radius 1 is 1.50 bits per heavy atom. The highest BCUT2D eigenvalue weighted by Gasteiger charge is 2.35. The number of halogens is 5. The van der Waals surface area contributed by atoms with E-state index in [2.05, 4.69) is 30.4 Å². The highest BCUT2D eigenvalue weighted by atomic mass is 79.9. The monoisotopic (exact) mass is 331 g/mol. The van der Waals surface area contributed by atoms with Crippen LogP contribution in [-0.4, -0.2) is 24.4 Å². The van der Waals surface area contributed by atoms with Crippen molar-refractivity contribution in [1.29, 1.82) is 0 Å². The fourth-order valence-corrected chi connectivity index (χ4v) is 1.60. The Labute approximate surface area is 107 Å². The number of hydrogen-bond donors (Lipinski definition) is 0. The molecular formula is C9H6BrF4NO3. The lowest BCUT2D eigenvalue weighted by Gasteiger charge is -2.15. The van der Waals surface area contributed by atoms with Crippen LogP contribution in [0.2, 0.25) is 0 Å². The second-order valence-electron chi connectivity index (χ2n) is 2.94. The number of hydrogen-bond acceptors (Lipinski definition) is 4. The Balaban J connectivity index is 3.39. The minimum absolute atomic E-state index is 0.303. The van der Waals surface area contributed by atoms with Gasteiger partial charge in [-0.2, -0.15) is 4.39 Å². The van der Waals surface area contributed by atoms with Gasteiger partial charge in [-0.15, -0.1) is 13.2 Å². The molecule has 0 radical (unpaired) electrons. The van der Waals surface area contributed by atoms with Crippen LogP contribution in [0.4, 0.5) is 17.6 Å². The largest absolute Gasteiger partial charge is 0.573 e. The molecule has 18 heavy (non-hydrogen) atoms. The normalized spacial score (nSPS) is 11.2. The third-order valence-corrected chi connectivity index (χ3v) is 2.39. The van der Waals surface area contributed by atoms with Crippen molar-refractivity contribution in [2.24, 2.45) is 0 Å². The number of rotatable bonds is 3. The topological polar surface area (TPSA) is 48.4 Å². The van der Waals surface area contributed by atoms with E-state index < -0.39 is 35.2 Å². The fraction of sp³-hybridized carbons (Fsp3) is 0.333. The van der Waals surface area contributed by atoms with Gasteiger partial charge < -0.3 is 9.47 Å². The Kier molecular flexibility index (Phi) is 4.49. The molecule has 0 N–H and O–H groups in total. The highest BCUT2D eigenvalue weighted by molar-refractivity contribution is 9.08. The first-order valence-electron chi connectivity index (χ1n) is 4.37. The second-order valence-corrected chi connectivity index (χ2v) is 3.50. The molecule has 0 unspecified atom stereocenters. The Hall–Kier alpha value is -1.38. The number of alkyl halides is 4. The minimum atomic E-state index is -5.06. The maximum atomic E-state index is 13.2. The molecule has 0 aliphatic heterocycles. The number of nitrogens with zero attached hydrogens (tertiary/aromatic N) is 1.